The summed E-state index contributed by atoms with van der Waals surface area (Å²) in [4.78, 5) is 24.2. The van der Waals surface area contributed by atoms with Crippen LogP contribution < -0.4 is 20.1 Å². The molecule has 168 valence electrons. The van der Waals surface area contributed by atoms with Crippen LogP contribution in [0.2, 0.25) is 0 Å². The van der Waals surface area contributed by atoms with Crippen LogP contribution in [0, 0.1) is 13.8 Å². The standard InChI is InChI=1S/C22H25F3N2O4/c1-14-5-4-6-15(2)21(14)27-20(29)12-26-19(28)10-8-16-7-9-17(18(11-16)30-3)31-13-22(23,24)25/h4-7,9,11H,8,10,12-13H2,1-3H3,(H,26,28)(H,27,29). The molecule has 0 unspecified atom stereocenters. The van der Waals surface area contributed by atoms with Gasteiger partial charge < -0.3 is 20.1 Å². The third-order valence-electron chi connectivity index (χ3n) is 4.45. The number of benzene rings is 2. The first-order valence-electron chi connectivity index (χ1n) is 9.58. The SMILES string of the molecule is COc1cc(CCC(=O)NCC(=O)Nc2c(C)cccc2C)ccc1OCC(F)(F)F. The Morgan fingerprint density at radius 3 is 2.29 bits per heavy atom. The summed E-state index contributed by atoms with van der Waals surface area (Å²) in [7, 11) is 1.32. The number of anilines is 1. The number of nitrogens with one attached hydrogen (secondary N) is 2. The van der Waals surface area contributed by atoms with Crippen molar-refractivity contribution in [3.63, 3.8) is 0 Å². The fourth-order valence-electron chi connectivity index (χ4n) is 2.87. The van der Waals surface area contributed by atoms with Crippen molar-refractivity contribution in [1.29, 1.82) is 0 Å². The maximum absolute atomic E-state index is 12.3. The Hall–Kier alpha value is -3.23. The molecule has 0 aliphatic rings. The zero-order valence-electron chi connectivity index (χ0n) is 17.6. The lowest BCUT2D eigenvalue weighted by Crippen LogP contribution is -2.33. The zero-order valence-corrected chi connectivity index (χ0v) is 17.6. The first kappa shape index (κ1) is 24.0. The van der Waals surface area contributed by atoms with Crippen molar-refractivity contribution in [2.45, 2.75) is 32.9 Å². The van der Waals surface area contributed by atoms with E-state index in [-0.39, 0.29) is 36.3 Å². The maximum atomic E-state index is 12.3. The molecule has 0 aliphatic carbocycles. The summed E-state index contributed by atoms with van der Waals surface area (Å²) in [6, 6.07) is 10.1. The highest BCUT2D eigenvalue weighted by atomic mass is 19.4. The smallest absolute Gasteiger partial charge is 0.422 e. The van der Waals surface area contributed by atoms with E-state index < -0.39 is 12.8 Å². The Morgan fingerprint density at radius 2 is 1.68 bits per heavy atom. The molecule has 9 heteroatoms. The van der Waals surface area contributed by atoms with Gasteiger partial charge in [-0.3, -0.25) is 9.59 Å². The lowest BCUT2D eigenvalue weighted by atomic mass is 10.1. The van der Waals surface area contributed by atoms with Gasteiger partial charge in [0.25, 0.3) is 0 Å². The van der Waals surface area contributed by atoms with E-state index in [4.69, 9.17) is 9.47 Å². The van der Waals surface area contributed by atoms with Crippen molar-refractivity contribution < 1.29 is 32.2 Å². The summed E-state index contributed by atoms with van der Waals surface area (Å²) in [6.45, 7) is 2.18. The first-order chi connectivity index (χ1) is 14.6. The highest BCUT2D eigenvalue weighted by Crippen LogP contribution is 2.30. The second-order valence-electron chi connectivity index (χ2n) is 6.98. The van der Waals surface area contributed by atoms with Gasteiger partial charge in [0.05, 0.1) is 13.7 Å². The lowest BCUT2D eigenvalue weighted by Gasteiger charge is -2.14. The van der Waals surface area contributed by atoms with Crippen LogP contribution in [0.5, 0.6) is 11.5 Å². The average Bonchev–Trinajstić information content (AvgIpc) is 2.71. The molecule has 2 amide bonds. The molecular formula is C22H25F3N2O4. The Balaban J connectivity index is 1.83. The number of carbonyl (C=O) groups excluding carboxylic acids is 2. The topological polar surface area (TPSA) is 76.7 Å². The number of rotatable bonds is 9. The minimum atomic E-state index is -4.45. The molecular weight excluding hydrogens is 413 g/mol. The molecule has 2 N–H and O–H groups in total. The van der Waals surface area contributed by atoms with Crippen LogP contribution in [-0.2, 0) is 16.0 Å². The van der Waals surface area contributed by atoms with Crippen LogP contribution >= 0.6 is 0 Å². The van der Waals surface area contributed by atoms with Gasteiger partial charge in [-0.15, -0.1) is 0 Å². The fraction of sp³-hybridized carbons (Fsp3) is 0.364. The molecule has 0 bridgehead atoms. The molecule has 0 fully saturated rings. The third-order valence-corrected chi connectivity index (χ3v) is 4.45. The van der Waals surface area contributed by atoms with Crippen molar-refractivity contribution in [2.24, 2.45) is 0 Å². The van der Waals surface area contributed by atoms with Crippen molar-refractivity contribution in [2.75, 3.05) is 25.6 Å². The van der Waals surface area contributed by atoms with Gasteiger partial charge in [-0.2, -0.15) is 13.2 Å². The van der Waals surface area contributed by atoms with Crippen molar-refractivity contribution in [1.82, 2.24) is 5.32 Å². The highest BCUT2D eigenvalue weighted by molar-refractivity contribution is 5.95. The number of aryl methyl sites for hydroxylation is 3. The van der Waals surface area contributed by atoms with E-state index in [1.807, 2.05) is 32.0 Å². The van der Waals surface area contributed by atoms with Gasteiger partial charge in [0.2, 0.25) is 11.8 Å². The summed E-state index contributed by atoms with van der Waals surface area (Å²) < 4.78 is 46.8. The molecule has 2 rings (SSSR count). The van der Waals surface area contributed by atoms with E-state index in [0.717, 1.165) is 16.8 Å². The van der Waals surface area contributed by atoms with Gasteiger partial charge in [-0.25, -0.2) is 0 Å². The second-order valence-corrected chi connectivity index (χ2v) is 6.98. The van der Waals surface area contributed by atoms with Crippen LogP contribution in [-0.4, -0.2) is 38.3 Å². The minimum absolute atomic E-state index is 0.0313. The van der Waals surface area contributed by atoms with Gasteiger partial charge in [0.1, 0.15) is 0 Å². The molecule has 0 atom stereocenters. The third kappa shape index (κ3) is 7.84. The van der Waals surface area contributed by atoms with Gasteiger partial charge >= 0.3 is 6.18 Å². The minimum Gasteiger partial charge on any atom is -0.493 e. The number of ether oxygens (including phenoxy) is 2. The zero-order chi connectivity index (χ0) is 23.0. The summed E-state index contributed by atoms with van der Waals surface area (Å²) >= 11 is 0. The van der Waals surface area contributed by atoms with Gasteiger partial charge in [-0.1, -0.05) is 24.3 Å². The summed E-state index contributed by atoms with van der Waals surface area (Å²) in [6.07, 6.45) is -4.03. The van der Waals surface area contributed by atoms with Gasteiger partial charge in [-0.05, 0) is 49.1 Å². The Kier molecular flexibility index (Phi) is 8.30. The predicted molar refractivity (Wildman–Crippen MR) is 110 cm³/mol. The van der Waals surface area contributed by atoms with E-state index in [0.29, 0.717) is 12.0 Å². The molecule has 0 heterocycles. The number of amides is 2. The molecule has 0 spiro atoms. The van der Waals surface area contributed by atoms with E-state index in [1.165, 1.54) is 19.2 Å². The van der Waals surface area contributed by atoms with Crippen LogP contribution in [0.15, 0.2) is 36.4 Å². The monoisotopic (exact) mass is 438 g/mol. The second kappa shape index (κ2) is 10.7. The van der Waals surface area contributed by atoms with Gasteiger partial charge in [0.15, 0.2) is 18.1 Å². The Bertz CT molecular complexity index is 909. The summed E-state index contributed by atoms with van der Waals surface area (Å²) in [5.74, 6) is -0.544. The number of halogens is 3. The quantitative estimate of drug-likeness (QED) is 0.622. The molecule has 0 saturated heterocycles. The van der Waals surface area contributed by atoms with Crippen LogP contribution in [0.3, 0.4) is 0 Å². The van der Waals surface area contributed by atoms with E-state index in [1.54, 1.807) is 6.07 Å². The fourth-order valence-corrected chi connectivity index (χ4v) is 2.87. The lowest BCUT2D eigenvalue weighted by molar-refractivity contribution is -0.153. The molecule has 0 radical (unpaired) electrons. The molecule has 31 heavy (non-hydrogen) atoms. The van der Waals surface area contributed by atoms with Crippen LogP contribution in [0.4, 0.5) is 18.9 Å². The van der Waals surface area contributed by atoms with Crippen LogP contribution in [0.25, 0.3) is 0 Å². The van der Waals surface area contributed by atoms with Gasteiger partial charge in [0, 0.05) is 12.1 Å². The predicted octanol–water partition coefficient (Wildman–Crippen LogP) is 3.94. The number of methoxy groups -OCH3 is 1. The van der Waals surface area contributed by atoms with Crippen molar-refractivity contribution in [3.8, 4) is 11.5 Å². The van der Waals surface area contributed by atoms with E-state index >= 15 is 0 Å². The number of para-hydroxylation sites is 1. The Morgan fingerprint density at radius 1 is 1.00 bits per heavy atom. The largest absolute Gasteiger partial charge is 0.493 e. The molecule has 2 aromatic rings. The summed E-state index contributed by atoms with van der Waals surface area (Å²) in [5, 5.41) is 5.34. The Labute approximate surface area is 178 Å². The van der Waals surface area contributed by atoms with Crippen LogP contribution in [0.1, 0.15) is 23.1 Å². The number of alkyl halides is 3. The van der Waals surface area contributed by atoms with Crippen molar-refractivity contribution >= 4 is 17.5 Å². The number of carbonyl (C=O) groups is 2. The number of hydrogen-bond donors (Lipinski definition) is 2. The molecule has 0 aromatic heterocycles. The van der Waals surface area contributed by atoms with E-state index in [9.17, 15) is 22.8 Å². The highest BCUT2D eigenvalue weighted by Gasteiger charge is 2.29. The average molecular weight is 438 g/mol. The first-order valence-corrected chi connectivity index (χ1v) is 9.58. The number of hydrogen-bond acceptors (Lipinski definition) is 4. The molecule has 0 saturated carbocycles. The molecule has 6 nitrogen and oxygen atoms in total. The molecule has 2 aromatic carbocycles. The normalized spacial score (nSPS) is 11.0. The van der Waals surface area contributed by atoms with E-state index in [2.05, 4.69) is 10.6 Å². The summed E-state index contributed by atoms with van der Waals surface area (Å²) in [5.41, 5.74) is 3.26. The maximum Gasteiger partial charge on any atom is 0.422 e. The molecule has 0 aliphatic heterocycles. The van der Waals surface area contributed by atoms with Crippen molar-refractivity contribution in [3.05, 3.63) is 53.1 Å².